The van der Waals surface area contributed by atoms with Crippen molar-refractivity contribution >= 4 is 5.65 Å². The molecule has 3 aromatic heterocycles. The number of fused-ring (bicyclic) bond motifs is 1. The van der Waals surface area contributed by atoms with Crippen molar-refractivity contribution in [3.8, 4) is 0 Å². The monoisotopic (exact) mass is 311 g/mol. The molecule has 1 fully saturated rings. The van der Waals surface area contributed by atoms with Crippen LogP contribution in [0.3, 0.4) is 0 Å². The van der Waals surface area contributed by atoms with E-state index in [-0.39, 0.29) is 6.04 Å². The highest BCUT2D eigenvalue weighted by molar-refractivity contribution is 5.48. The highest BCUT2D eigenvalue weighted by Crippen LogP contribution is 2.27. The van der Waals surface area contributed by atoms with Gasteiger partial charge in [0.05, 0.1) is 31.1 Å². The molecule has 4 heterocycles. The first-order valence-electron chi connectivity index (χ1n) is 8.02. The van der Waals surface area contributed by atoms with E-state index in [2.05, 4.69) is 45.6 Å². The molecule has 5 nitrogen and oxygen atoms in total. The van der Waals surface area contributed by atoms with Gasteiger partial charge in [-0.25, -0.2) is 4.98 Å². The average Bonchev–Trinajstić information content (AvgIpc) is 3.16. The summed E-state index contributed by atoms with van der Waals surface area (Å²) in [5.74, 6) is 1.92. The van der Waals surface area contributed by atoms with Crippen LogP contribution in [0.5, 0.6) is 0 Å². The van der Waals surface area contributed by atoms with Gasteiger partial charge in [0.15, 0.2) is 0 Å². The third-order valence-corrected chi connectivity index (χ3v) is 4.50. The molecular weight excluding hydrogens is 290 g/mol. The molecule has 1 saturated heterocycles. The zero-order chi connectivity index (χ0) is 15.8. The van der Waals surface area contributed by atoms with E-state index < -0.39 is 0 Å². The smallest absolute Gasteiger partial charge is 0.139 e. The molecule has 4 rings (SSSR count). The Hall–Kier alpha value is -2.11. The standard InChI is InChI=1S/C18H21N3O2/c1-13-4-3-7-21-15(10-19-18(13)21)11-20-8-9-22-12-16(20)17-6-5-14(2)23-17/h3-7,10,16H,8-9,11-12H2,1-2H3/t16-/m1/s1. The number of hydrogen-bond donors (Lipinski definition) is 0. The molecule has 23 heavy (non-hydrogen) atoms. The molecule has 1 aliphatic heterocycles. The van der Waals surface area contributed by atoms with Gasteiger partial charge in [-0.2, -0.15) is 0 Å². The molecule has 5 heteroatoms. The van der Waals surface area contributed by atoms with Crippen LogP contribution in [-0.2, 0) is 11.3 Å². The fourth-order valence-corrected chi connectivity index (χ4v) is 3.25. The zero-order valence-corrected chi connectivity index (χ0v) is 13.5. The molecule has 1 aliphatic rings. The summed E-state index contributed by atoms with van der Waals surface area (Å²) in [6.07, 6.45) is 4.05. The fourth-order valence-electron chi connectivity index (χ4n) is 3.25. The van der Waals surface area contributed by atoms with Gasteiger partial charge < -0.3 is 13.6 Å². The molecule has 0 unspecified atom stereocenters. The minimum Gasteiger partial charge on any atom is -0.465 e. The molecule has 0 aromatic carbocycles. The van der Waals surface area contributed by atoms with Crippen molar-refractivity contribution in [2.45, 2.75) is 26.4 Å². The maximum Gasteiger partial charge on any atom is 0.139 e. The van der Waals surface area contributed by atoms with Gasteiger partial charge in [-0.15, -0.1) is 0 Å². The van der Waals surface area contributed by atoms with E-state index in [0.29, 0.717) is 6.61 Å². The summed E-state index contributed by atoms with van der Waals surface area (Å²) in [5.41, 5.74) is 3.42. The van der Waals surface area contributed by atoms with E-state index in [1.165, 1.54) is 11.3 Å². The van der Waals surface area contributed by atoms with Gasteiger partial charge in [-0.3, -0.25) is 4.90 Å². The first-order chi connectivity index (χ1) is 11.2. The van der Waals surface area contributed by atoms with Gasteiger partial charge in [0.25, 0.3) is 0 Å². The summed E-state index contributed by atoms with van der Waals surface area (Å²) in [6.45, 7) is 7.22. The fraction of sp³-hybridized carbons (Fsp3) is 0.389. The maximum atomic E-state index is 5.83. The van der Waals surface area contributed by atoms with Crippen LogP contribution in [0, 0.1) is 13.8 Å². The number of nitrogens with zero attached hydrogens (tertiary/aromatic N) is 3. The highest BCUT2D eigenvalue weighted by Gasteiger charge is 2.27. The van der Waals surface area contributed by atoms with Crippen LogP contribution in [0.2, 0.25) is 0 Å². The number of furan rings is 1. The number of rotatable bonds is 3. The minimum absolute atomic E-state index is 0.160. The Bertz CT molecular complexity index is 821. The molecule has 0 radical (unpaired) electrons. The van der Waals surface area contributed by atoms with E-state index in [1.54, 1.807) is 0 Å². The second-order valence-electron chi connectivity index (χ2n) is 6.14. The third-order valence-electron chi connectivity index (χ3n) is 4.50. The molecule has 0 bridgehead atoms. The summed E-state index contributed by atoms with van der Waals surface area (Å²) in [6, 6.07) is 8.39. The van der Waals surface area contributed by atoms with Crippen molar-refractivity contribution < 1.29 is 9.15 Å². The second-order valence-corrected chi connectivity index (χ2v) is 6.14. The molecule has 0 saturated carbocycles. The maximum absolute atomic E-state index is 5.83. The van der Waals surface area contributed by atoms with Crippen LogP contribution in [0.15, 0.2) is 41.1 Å². The molecule has 0 amide bonds. The van der Waals surface area contributed by atoms with Crippen molar-refractivity contribution in [1.29, 1.82) is 0 Å². The van der Waals surface area contributed by atoms with Crippen LogP contribution >= 0.6 is 0 Å². The van der Waals surface area contributed by atoms with Crippen LogP contribution in [0.1, 0.15) is 28.8 Å². The van der Waals surface area contributed by atoms with Crippen molar-refractivity contribution in [3.05, 3.63) is 59.4 Å². The first-order valence-corrected chi connectivity index (χ1v) is 8.02. The highest BCUT2D eigenvalue weighted by atomic mass is 16.5. The Morgan fingerprint density at radius 2 is 2.17 bits per heavy atom. The lowest BCUT2D eigenvalue weighted by Gasteiger charge is -2.34. The normalized spacial score (nSPS) is 19.5. The SMILES string of the molecule is Cc1ccc([C@H]2COCCN2Cc2cnc3c(C)cccn23)o1. The number of aromatic nitrogens is 2. The summed E-state index contributed by atoms with van der Waals surface area (Å²) < 4.78 is 13.7. The number of morpholine rings is 1. The number of ether oxygens (including phenoxy) is 1. The summed E-state index contributed by atoms with van der Waals surface area (Å²) in [7, 11) is 0. The minimum atomic E-state index is 0.160. The predicted molar refractivity (Wildman–Crippen MR) is 87.3 cm³/mol. The molecule has 120 valence electrons. The molecule has 0 spiro atoms. The van der Waals surface area contributed by atoms with Crippen LogP contribution in [-0.4, -0.2) is 34.0 Å². The third kappa shape index (κ3) is 2.66. The van der Waals surface area contributed by atoms with Gasteiger partial charge in [-0.1, -0.05) is 6.07 Å². The summed E-state index contributed by atoms with van der Waals surface area (Å²) in [4.78, 5) is 6.98. The number of aryl methyl sites for hydroxylation is 2. The van der Waals surface area contributed by atoms with E-state index in [4.69, 9.17) is 9.15 Å². The Morgan fingerprint density at radius 3 is 3.00 bits per heavy atom. The van der Waals surface area contributed by atoms with Gasteiger partial charge in [0, 0.05) is 19.3 Å². The van der Waals surface area contributed by atoms with E-state index >= 15 is 0 Å². The Balaban J connectivity index is 1.63. The predicted octanol–water partition coefficient (Wildman–Crippen LogP) is 3.12. The van der Waals surface area contributed by atoms with Crippen molar-refractivity contribution in [3.63, 3.8) is 0 Å². The van der Waals surface area contributed by atoms with E-state index in [1.807, 2.05) is 19.2 Å². The van der Waals surface area contributed by atoms with Gasteiger partial charge in [0.1, 0.15) is 17.2 Å². The quantitative estimate of drug-likeness (QED) is 0.745. The molecule has 1 atom stereocenters. The second kappa shape index (κ2) is 5.83. The molecule has 3 aromatic rings. The Kier molecular flexibility index (Phi) is 3.67. The van der Waals surface area contributed by atoms with Gasteiger partial charge in [0.2, 0.25) is 0 Å². The number of imidazole rings is 1. The van der Waals surface area contributed by atoms with Crippen LogP contribution in [0.25, 0.3) is 5.65 Å². The summed E-state index contributed by atoms with van der Waals surface area (Å²) >= 11 is 0. The van der Waals surface area contributed by atoms with E-state index in [0.717, 1.165) is 36.9 Å². The van der Waals surface area contributed by atoms with E-state index in [9.17, 15) is 0 Å². The molecular formula is C18H21N3O2. The summed E-state index contributed by atoms with van der Waals surface area (Å²) in [5, 5.41) is 0. The van der Waals surface area contributed by atoms with Crippen LogP contribution < -0.4 is 0 Å². The molecule has 0 aliphatic carbocycles. The lowest BCUT2D eigenvalue weighted by atomic mass is 10.1. The van der Waals surface area contributed by atoms with Crippen LogP contribution in [0.4, 0.5) is 0 Å². The van der Waals surface area contributed by atoms with Crippen molar-refractivity contribution in [1.82, 2.24) is 14.3 Å². The van der Waals surface area contributed by atoms with Crippen molar-refractivity contribution in [2.75, 3.05) is 19.8 Å². The number of hydrogen-bond acceptors (Lipinski definition) is 4. The largest absolute Gasteiger partial charge is 0.465 e. The molecule has 0 N–H and O–H groups in total. The Morgan fingerprint density at radius 1 is 1.26 bits per heavy atom. The lowest BCUT2D eigenvalue weighted by molar-refractivity contribution is -0.0211. The topological polar surface area (TPSA) is 42.9 Å². The van der Waals surface area contributed by atoms with Gasteiger partial charge in [-0.05, 0) is 37.6 Å². The number of pyridine rings is 1. The average molecular weight is 311 g/mol. The Labute approximate surface area is 135 Å². The van der Waals surface area contributed by atoms with Gasteiger partial charge >= 0.3 is 0 Å². The first kappa shape index (κ1) is 14.5. The lowest BCUT2D eigenvalue weighted by Crippen LogP contribution is -2.39. The van der Waals surface area contributed by atoms with Crippen molar-refractivity contribution in [2.24, 2.45) is 0 Å². The zero-order valence-electron chi connectivity index (χ0n) is 13.5.